The highest BCUT2D eigenvalue weighted by Crippen LogP contribution is 2.29. The van der Waals surface area contributed by atoms with E-state index in [0.717, 1.165) is 30.8 Å². The number of methoxy groups -OCH3 is 1. The van der Waals surface area contributed by atoms with Crippen molar-refractivity contribution in [2.24, 2.45) is 5.84 Å². The Labute approximate surface area is 128 Å². The maximum atomic E-state index is 5.81. The van der Waals surface area contributed by atoms with Gasteiger partial charge in [0.2, 0.25) is 0 Å². The van der Waals surface area contributed by atoms with E-state index < -0.39 is 0 Å². The summed E-state index contributed by atoms with van der Waals surface area (Å²) in [5.41, 5.74) is 6.58. The molecule has 1 aliphatic rings. The van der Waals surface area contributed by atoms with Gasteiger partial charge in [-0.1, -0.05) is 6.07 Å². The van der Waals surface area contributed by atoms with Crippen molar-refractivity contribution in [3.8, 4) is 5.75 Å². The van der Waals surface area contributed by atoms with Crippen molar-refractivity contribution in [1.29, 1.82) is 0 Å². The summed E-state index contributed by atoms with van der Waals surface area (Å²) in [7, 11) is 1.71. The second-order valence-electron chi connectivity index (χ2n) is 5.96. The highest BCUT2D eigenvalue weighted by Gasteiger charge is 2.19. The fraction of sp³-hybridized carbons (Fsp3) is 0.647. The Morgan fingerprint density at radius 2 is 2.14 bits per heavy atom. The average molecular weight is 292 g/mol. The van der Waals surface area contributed by atoms with Gasteiger partial charge in [-0.25, -0.2) is 0 Å². The number of nitrogens with one attached hydrogen (secondary N) is 1. The first-order chi connectivity index (χ1) is 10.2. The van der Waals surface area contributed by atoms with Crippen molar-refractivity contribution in [3.63, 3.8) is 0 Å². The molecule has 0 saturated carbocycles. The van der Waals surface area contributed by atoms with Crippen molar-refractivity contribution < 1.29 is 9.47 Å². The molecule has 1 heterocycles. The first-order valence-corrected chi connectivity index (χ1v) is 7.88. The minimum Gasteiger partial charge on any atom is -0.496 e. The number of rotatable bonds is 6. The van der Waals surface area contributed by atoms with E-state index >= 15 is 0 Å². The number of aryl methyl sites for hydroxylation is 2. The molecule has 0 aromatic heterocycles. The fourth-order valence-corrected chi connectivity index (χ4v) is 3.12. The van der Waals surface area contributed by atoms with E-state index in [1.54, 1.807) is 7.11 Å². The molecule has 0 aliphatic carbocycles. The minimum atomic E-state index is 0.167. The zero-order valence-corrected chi connectivity index (χ0v) is 13.4. The number of nitrogens with two attached hydrogens (primary N) is 1. The van der Waals surface area contributed by atoms with Crippen LogP contribution in [0.15, 0.2) is 12.1 Å². The van der Waals surface area contributed by atoms with Crippen LogP contribution in [-0.4, -0.2) is 19.8 Å². The zero-order valence-electron chi connectivity index (χ0n) is 13.4. The number of hydrogen-bond acceptors (Lipinski definition) is 4. The third-order valence-electron chi connectivity index (χ3n) is 4.41. The largest absolute Gasteiger partial charge is 0.496 e. The molecule has 0 amide bonds. The van der Waals surface area contributed by atoms with Gasteiger partial charge in [-0.15, -0.1) is 0 Å². The van der Waals surface area contributed by atoms with E-state index in [0.29, 0.717) is 6.10 Å². The standard InChI is InChI=1S/C17H28N2O2/c1-12-11-17(20-3)13(2)10-15(12)16(19-18)8-7-14-6-4-5-9-21-14/h10-11,14,16,19H,4-9,18H2,1-3H3. The van der Waals surface area contributed by atoms with E-state index in [9.17, 15) is 0 Å². The second kappa shape index (κ2) is 7.78. The summed E-state index contributed by atoms with van der Waals surface area (Å²) >= 11 is 0. The van der Waals surface area contributed by atoms with Gasteiger partial charge in [-0.3, -0.25) is 11.3 Å². The van der Waals surface area contributed by atoms with Crippen LogP contribution >= 0.6 is 0 Å². The van der Waals surface area contributed by atoms with E-state index in [2.05, 4.69) is 31.4 Å². The summed E-state index contributed by atoms with van der Waals surface area (Å²) < 4.78 is 11.2. The van der Waals surface area contributed by atoms with E-state index in [-0.39, 0.29) is 6.04 Å². The van der Waals surface area contributed by atoms with Crippen molar-refractivity contribution in [1.82, 2.24) is 5.43 Å². The van der Waals surface area contributed by atoms with E-state index in [4.69, 9.17) is 15.3 Å². The molecular weight excluding hydrogens is 264 g/mol. The van der Waals surface area contributed by atoms with Crippen molar-refractivity contribution in [2.75, 3.05) is 13.7 Å². The Morgan fingerprint density at radius 3 is 2.76 bits per heavy atom. The van der Waals surface area contributed by atoms with Gasteiger partial charge in [0.15, 0.2) is 0 Å². The van der Waals surface area contributed by atoms with Crippen LogP contribution in [0.4, 0.5) is 0 Å². The highest BCUT2D eigenvalue weighted by molar-refractivity contribution is 5.42. The van der Waals surface area contributed by atoms with Crippen LogP contribution < -0.4 is 16.0 Å². The van der Waals surface area contributed by atoms with Gasteiger partial charge in [0.05, 0.1) is 13.2 Å². The maximum absolute atomic E-state index is 5.81. The summed E-state index contributed by atoms with van der Waals surface area (Å²) in [5.74, 6) is 6.72. The average Bonchev–Trinajstić information content (AvgIpc) is 2.51. The smallest absolute Gasteiger partial charge is 0.122 e. The van der Waals surface area contributed by atoms with Crippen LogP contribution in [0, 0.1) is 13.8 Å². The van der Waals surface area contributed by atoms with Crippen LogP contribution in [0.5, 0.6) is 5.75 Å². The number of ether oxygens (including phenoxy) is 2. The van der Waals surface area contributed by atoms with Gasteiger partial charge in [-0.05, 0) is 68.7 Å². The minimum absolute atomic E-state index is 0.167. The second-order valence-corrected chi connectivity index (χ2v) is 5.96. The Balaban J connectivity index is 2.04. The zero-order chi connectivity index (χ0) is 15.2. The number of hydrogen-bond donors (Lipinski definition) is 2. The Bertz CT molecular complexity index is 456. The maximum Gasteiger partial charge on any atom is 0.122 e. The van der Waals surface area contributed by atoms with Gasteiger partial charge in [0.1, 0.15) is 5.75 Å². The number of benzene rings is 1. The van der Waals surface area contributed by atoms with Crippen LogP contribution in [-0.2, 0) is 4.74 Å². The van der Waals surface area contributed by atoms with Crippen LogP contribution in [0.25, 0.3) is 0 Å². The summed E-state index contributed by atoms with van der Waals surface area (Å²) in [6.07, 6.45) is 6.11. The normalized spacial score (nSPS) is 20.3. The third kappa shape index (κ3) is 4.19. The lowest BCUT2D eigenvalue weighted by Gasteiger charge is -2.26. The van der Waals surface area contributed by atoms with E-state index in [1.807, 2.05) is 0 Å². The summed E-state index contributed by atoms with van der Waals surface area (Å²) in [6, 6.07) is 4.44. The first kappa shape index (κ1) is 16.3. The topological polar surface area (TPSA) is 56.5 Å². The SMILES string of the molecule is COc1cc(C)c(C(CCC2CCCCO2)NN)cc1C. The summed E-state index contributed by atoms with van der Waals surface area (Å²) in [5, 5.41) is 0. The molecule has 0 spiro atoms. The predicted molar refractivity (Wildman–Crippen MR) is 85.4 cm³/mol. The molecule has 1 aliphatic heterocycles. The Hall–Kier alpha value is -1.10. The summed E-state index contributed by atoms with van der Waals surface area (Å²) in [6.45, 7) is 5.09. The van der Waals surface area contributed by atoms with Crippen LogP contribution in [0.2, 0.25) is 0 Å². The number of hydrazine groups is 1. The molecule has 118 valence electrons. The molecular formula is C17H28N2O2. The molecule has 1 fully saturated rings. The molecule has 1 aromatic rings. The molecule has 2 rings (SSSR count). The van der Waals surface area contributed by atoms with Gasteiger partial charge in [0.25, 0.3) is 0 Å². The first-order valence-electron chi connectivity index (χ1n) is 7.88. The molecule has 4 heteroatoms. The van der Waals surface area contributed by atoms with Gasteiger partial charge >= 0.3 is 0 Å². The van der Waals surface area contributed by atoms with Gasteiger partial charge in [-0.2, -0.15) is 0 Å². The predicted octanol–water partition coefficient (Wildman–Crippen LogP) is 3.17. The Kier molecular flexibility index (Phi) is 6.03. The quantitative estimate of drug-likeness (QED) is 0.624. The van der Waals surface area contributed by atoms with E-state index in [1.165, 1.54) is 30.4 Å². The Morgan fingerprint density at radius 1 is 1.33 bits per heavy atom. The molecule has 2 atom stereocenters. The molecule has 2 unspecified atom stereocenters. The fourth-order valence-electron chi connectivity index (χ4n) is 3.12. The molecule has 21 heavy (non-hydrogen) atoms. The van der Waals surface area contributed by atoms with Crippen LogP contribution in [0.1, 0.15) is 54.8 Å². The van der Waals surface area contributed by atoms with Crippen molar-refractivity contribution in [3.05, 3.63) is 28.8 Å². The van der Waals surface area contributed by atoms with Gasteiger partial charge in [0, 0.05) is 12.6 Å². The lowest BCUT2D eigenvalue weighted by molar-refractivity contribution is 0.00853. The van der Waals surface area contributed by atoms with Gasteiger partial charge < -0.3 is 9.47 Å². The van der Waals surface area contributed by atoms with Crippen molar-refractivity contribution >= 4 is 0 Å². The van der Waals surface area contributed by atoms with Crippen LogP contribution in [0.3, 0.4) is 0 Å². The lowest BCUT2D eigenvalue weighted by Crippen LogP contribution is -2.30. The molecule has 3 N–H and O–H groups in total. The monoisotopic (exact) mass is 292 g/mol. The lowest BCUT2D eigenvalue weighted by atomic mass is 9.93. The third-order valence-corrected chi connectivity index (χ3v) is 4.41. The molecule has 0 radical (unpaired) electrons. The molecule has 1 aromatic carbocycles. The molecule has 1 saturated heterocycles. The molecule has 4 nitrogen and oxygen atoms in total. The molecule has 0 bridgehead atoms. The highest BCUT2D eigenvalue weighted by atomic mass is 16.5. The van der Waals surface area contributed by atoms with Crippen molar-refractivity contribution in [2.45, 2.75) is 58.1 Å². The summed E-state index contributed by atoms with van der Waals surface area (Å²) in [4.78, 5) is 0.